The van der Waals surface area contributed by atoms with E-state index >= 15 is 0 Å². The van der Waals surface area contributed by atoms with E-state index in [9.17, 15) is 0 Å². The number of thiophene rings is 1. The van der Waals surface area contributed by atoms with E-state index in [1.54, 1.807) is 11.3 Å². The van der Waals surface area contributed by atoms with E-state index in [1.807, 2.05) is 6.07 Å². The molecule has 0 amide bonds. The second-order valence-electron chi connectivity index (χ2n) is 3.88. The molecule has 0 saturated heterocycles. The van der Waals surface area contributed by atoms with Crippen LogP contribution in [0.1, 0.15) is 50.4 Å². The van der Waals surface area contributed by atoms with Crippen molar-refractivity contribution in [2.45, 2.75) is 45.6 Å². The zero-order chi connectivity index (χ0) is 11.1. The van der Waals surface area contributed by atoms with Crippen LogP contribution in [0.4, 0.5) is 0 Å². The molecule has 0 aliphatic rings. The molecule has 0 spiro atoms. The van der Waals surface area contributed by atoms with Crippen molar-refractivity contribution in [3.05, 3.63) is 21.3 Å². The SMILES string of the molecule is CCCCCCNC(C)c1ccc(Cl)s1. The van der Waals surface area contributed by atoms with E-state index in [0.29, 0.717) is 6.04 Å². The standard InChI is InChI=1S/C12H20ClNS/c1-3-4-5-6-9-14-10(2)11-7-8-12(13)15-11/h7-8,10,14H,3-6,9H2,1-2H3. The highest BCUT2D eigenvalue weighted by Gasteiger charge is 2.06. The van der Waals surface area contributed by atoms with Gasteiger partial charge in [-0.2, -0.15) is 0 Å². The summed E-state index contributed by atoms with van der Waals surface area (Å²) in [6, 6.07) is 4.51. The molecule has 1 N–H and O–H groups in total. The smallest absolute Gasteiger partial charge is 0.0931 e. The molecule has 0 bridgehead atoms. The van der Waals surface area contributed by atoms with Gasteiger partial charge >= 0.3 is 0 Å². The summed E-state index contributed by atoms with van der Waals surface area (Å²) < 4.78 is 0.879. The topological polar surface area (TPSA) is 12.0 Å². The lowest BCUT2D eigenvalue weighted by molar-refractivity contribution is 0.542. The highest BCUT2D eigenvalue weighted by Crippen LogP contribution is 2.26. The predicted octanol–water partition coefficient (Wildman–Crippen LogP) is 4.63. The van der Waals surface area contributed by atoms with E-state index in [-0.39, 0.29) is 0 Å². The molecule has 15 heavy (non-hydrogen) atoms. The summed E-state index contributed by atoms with van der Waals surface area (Å²) in [5, 5.41) is 3.52. The molecule has 0 fully saturated rings. The van der Waals surface area contributed by atoms with Crippen LogP contribution in [0.25, 0.3) is 0 Å². The molecule has 1 rings (SSSR count). The Morgan fingerprint density at radius 2 is 2.13 bits per heavy atom. The molecule has 3 heteroatoms. The summed E-state index contributed by atoms with van der Waals surface area (Å²) in [7, 11) is 0. The van der Waals surface area contributed by atoms with Gasteiger partial charge in [-0.3, -0.25) is 0 Å². The van der Waals surface area contributed by atoms with Crippen molar-refractivity contribution in [2.75, 3.05) is 6.54 Å². The van der Waals surface area contributed by atoms with Crippen LogP contribution in [-0.2, 0) is 0 Å². The Kier molecular flexibility index (Phi) is 6.30. The van der Waals surface area contributed by atoms with Crippen molar-refractivity contribution in [3.63, 3.8) is 0 Å². The van der Waals surface area contributed by atoms with Crippen LogP contribution in [0.5, 0.6) is 0 Å². The first-order valence-electron chi connectivity index (χ1n) is 5.72. The van der Waals surface area contributed by atoms with Gasteiger partial charge in [-0.1, -0.05) is 37.8 Å². The lowest BCUT2D eigenvalue weighted by Crippen LogP contribution is -2.18. The molecule has 1 heterocycles. The third-order valence-electron chi connectivity index (χ3n) is 2.50. The Morgan fingerprint density at radius 1 is 1.33 bits per heavy atom. The molecule has 0 saturated carbocycles. The number of rotatable bonds is 7. The monoisotopic (exact) mass is 245 g/mol. The summed E-state index contributed by atoms with van der Waals surface area (Å²) in [6.45, 7) is 5.54. The maximum absolute atomic E-state index is 5.90. The fourth-order valence-electron chi connectivity index (χ4n) is 1.53. The summed E-state index contributed by atoms with van der Waals surface area (Å²) in [4.78, 5) is 1.33. The maximum atomic E-state index is 5.90. The Labute approximate surface area is 102 Å². The molecule has 0 aliphatic carbocycles. The van der Waals surface area contributed by atoms with Gasteiger partial charge in [0, 0.05) is 10.9 Å². The minimum absolute atomic E-state index is 0.434. The highest BCUT2D eigenvalue weighted by molar-refractivity contribution is 7.16. The van der Waals surface area contributed by atoms with Gasteiger partial charge in [0.05, 0.1) is 4.34 Å². The summed E-state index contributed by atoms with van der Waals surface area (Å²) in [5.41, 5.74) is 0. The summed E-state index contributed by atoms with van der Waals surface area (Å²) >= 11 is 7.56. The normalized spacial score (nSPS) is 13.0. The first kappa shape index (κ1) is 13.0. The second kappa shape index (κ2) is 7.26. The molecular weight excluding hydrogens is 226 g/mol. The van der Waals surface area contributed by atoms with Crippen molar-refractivity contribution in [1.29, 1.82) is 0 Å². The Bertz CT molecular complexity index is 272. The van der Waals surface area contributed by atoms with Crippen LogP contribution in [0.15, 0.2) is 12.1 Å². The molecule has 1 aromatic heterocycles. The molecule has 1 atom stereocenters. The molecule has 0 aromatic carbocycles. The van der Waals surface area contributed by atoms with Gasteiger partial charge in [0.25, 0.3) is 0 Å². The summed E-state index contributed by atoms with van der Waals surface area (Å²) in [5.74, 6) is 0. The molecule has 0 aliphatic heterocycles. The molecule has 86 valence electrons. The van der Waals surface area contributed by atoms with Crippen LogP contribution >= 0.6 is 22.9 Å². The van der Waals surface area contributed by atoms with Crippen molar-refractivity contribution in [2.24, 2.45) is 0 Å². The van der Waals surface area contributed by atoms with E-state index in [0.717, 1.165) is 10.9 Å². The van der Waals surface area contributed by atoms with Crippen molar-refractivity contribution >= 4 is 22.9 Å². The average Bonchev–Trinajstić information content (AvgIpc) is 2.64. The molecule has 1 unspecified atom stereocenters. The van der Waals surface area contributed by atoms with Crippen LogP contribution in [0.3, 0.4) is 0 Å². The van der Waals surface area contributed by atoms with E-state index < -0.39 is 0 Å². The number of hydrogen-bond donors (Lipinski definition) is 1. The van der Waals surface area contributed by atoms with Crippen molar-refractivity contribution in [3.8, 4) is 0 Å². The highest BCUT2D eigenvalue weighted by atomic mass is 35.5. The lowest BCUT2D eigenvalue weighted by atomic mass is 10.2. The molecule has 1 nitrogen and oxygen atoms in total. The number of nitrogens with one attached hydrogen (secondary N) is 1. The predicted molar refractivity (Wildman–Crippen MR) is 69.9 cm³/mol. The minimum Gasteiger partial charge on any atom is -0.309 e. The quantitative estimate of drug-likeness (QED) is 0.691. The first-order valence-corrected chi connectivity index (χ1v) is 6.92. The van der Waals surface area contributed by atoms with Gasteiger partial charge in [-0.15, -0.1) is 11.3 Å². The van der Waals surface area contributed by atoms with Crippen molar-refractivity contribution < 1.29 is 0 Å². The number of halogens is 1. The Balaban J connectivity index is 2.16. The molecular formula is C12H20ClNS. The van der Waals surface area contributed by atoms with Gasteiger partial charge in [0.1, 0.15) is 0 Å². The lowest BCUT2D eigenvalue weighted by Gasteiger charge is -2.11. The average molecular weight is 246 g/mol. The number of hydrogen-bond acceptors (Lipinski definition) is 2. The first-order chi connectivity index (χ1) is 7.24. The molecule has 0 radical (unpaired) electrons. The summed E-state index contributed by atoms with van der Waals surface area (Å²) in [6.07, 6.45) is 5.26. The van der Waals surface area contributed by atoms with Gasteiger partial charge in [0.2, 0.25) is 0 Å². The van der Waals surface area contributed by atoms with Crippen molar-refractivity contribution in [1.82, 2.24) is 5.32 Å². The fraction of sp³-hybridized carbons (Fsp3) is 0.667. The zero-order valence-electron chi connectivity index (χ0n) is 9.55. The van der Waals surface area contributed by atoms with Crippen LogP contribution in [0, 0.1) is 0 Å². The van der Waals surface area contributed by atoms with Gasteiger partial charge in [0.15, 0.2) is 0 Å². The van der Waals surface area contributed by atoms with Gasteiger partial charge < -0.3 is 5.32 Å². The van der Waals surface area contributed by atoms with E-state index in [4.69, 9.17) is 11.6 Å². The van der Waals surface area contributed by atoms with Crippen LogP contribution < -0.4 is 5.32 Å². The number of unbranched alkanes of at least 4 members (excludes halogenated alkanes) is 3. The van der Waals surface area contributed by atoms with E-state index in [2.05, 4.69) is 25.2 Å². The zero-order valence-corrected chi connectivity index (χ0v) is 11.1. The third-order valence-corrected chi connectivity index (χ3v) is 3.92. The maximum Gasteiger partial charge on any atom is 0.0931 e. The fourth-order valence-corrected chi connectivity index (χ4v) is 2.62. The minimum atomic E-state index is 0.434. The van der Waals surface area contributed by atoms with Crippen LogP contribution in [0.2, 0.25) is 4.34 Å². The second-order valence-corrected chi connectivity index (χ2v) is 5.63. The van der Waals surface area contributed by atoms with Gasteiger partial charge in [-0.25, -0.2) is 0 Å². The van der Waals surface area contributed by atoms with E-state index in [1.165, 1.54) is 30.6 Å². The third kappa shape index (κ3) is 5.01. The van der Waals surface area contributed by atoms with Gasteiger partial charge in [-0.05, 0) is 32.0 Å². The van der Waals surface area contributed by atoms with Crippen LogP contribution in [-0.4, -0.2) is 6.54 Å². The Hall–Kier alpha value is -0.0500. The Morgan fingerprint density at radius 3 is 2.73 bits per heavy atom. The molecule has 1 aromatic rings. The largest absolute Gasteiger partial charge is 0.309 e.